The highest BCUT2D eigenvalue weighted by atomic mass is 16.5. The van der Waals surface area contributed by atoms with Gasteiger partial charge in [0.2, 0.25) is 0 Å². The Balaban J connectivity index is 1.72. The van der Waals surface area contributed by atoms with Crippen molar-refractivity contribution in [2.75, 3.05) is 7.11 Å². The molecule has 0 atom stereocenters. The predicted molar refractivity (Wildman–Crippen MR) is 95.2 cm³/mol. The molecule has 4 aromatic rings. The highest BCUT2D eigenvalue weighted by molar-refractivity contribution is 5.74. The maximum atomic E-state index is 12.7. The number of hydrogen-bond donors (Lipinski definition) is 0. The number of nitrogens with zero attached hydrogens (tertiary/aromatic N) is 4. The number of benzene rings is 2. The Hall–Kier alpha value is -3.41. The molecule has 0 N–H and O–H groups in total. The van der Waals surface area contributed by atoms with Crippen molar-refractivity contribution >= 4 is 11.0 Å². The van der Waals surface area contributed by atoms with E-state index in [1.807, 2.05) is 54.6 Å². The van der Waals surface area contributed by atoms with Crippen LogP contribution in [0.2, 0.25) is 0 Å². The highest BCUT2D eigenvalue weighted by Crippen LogP contribution is 2.14. The van der Waals surface area contributed by atoms with Crippen LogP contribution in [0, 0.1) is 0 Å². The largest absolute Gasteiger partial charge is 0.497 e. The van der Waals surface area contributed by atoms with E-state index >= 15 is 0 Å². The van der Waals surface area contributed by atoms with E-state index in [9.17, 15) is 4.79 Å². The Morgan fingerprint density at radius 2 is 1.80 bits per heavy atom. The van der Waals surface area contributed by atoms with Crippen LogP contribution < -0.4 is 10.3 Å². The summed E-state index contributed by atoms with van der Waals surface area (Å²) in [5.74, 6) is 0.786. The Morgan fingerprint density at radius 3 is 2.52 bits per heavy atom. The lowest BCUT2D eigenvalue weighted by Gasteiger charge is -2.07. The number of aromatic nitrogens is 4. The molecule has 0 bridgehead atoms. The molecule has 2 aromatic carbocycles. The van der Waals surface area contributed by atoms with Gasteiger partial charge < -0.3 is 4.74 Å². The fourth-order valence-corrected chi connectivity index (χ4v) is 2.75. The third kappa shape index (κ3) is 2.78. The first-order chi connectivity index (χ1) is 12.3. The standard InChI is InChI=1S/C19H16N4O2/c1-25-16-9-7-14(8-10-16)12-22-13-20-18-17(19(22)24)11-21-23(18)15-5-3-2-4-6-15/h2-11,13H,12H2,1H3. The molecular formula is C19H16N4O2. The Labute approximate surface area is 143 Å². The summed E-state index contributed by atoms with van der Waals surface area (Å²) < 4.78 is 8.41. The summed E-state index contributed by atoms with van der Waals surface area (Å²) in [6.45, 7) is 0.447. The zero-order valence-corrected chi connectivity index (χ0v) is 13.7. The van der Waals surface area contributed by atoms with Crippen LogP contribution >= 0.6 is 0 Å². The smallest absolute Gasteiger partial charge is 0.264 e. The van der Waals surface area contributed by atoms with Crippen molar-refractivity contribution in [1.29, 1.82) is 0 Å². The summed E-state index contributed by atoms with van der Waals surface area (Å²) in [7, 11) is 1.63. The molecule has 0 amide bonds. The molecule has 2 aromatic heterocycles. The molecule has 6 heteroatoms. The second kappa shape index (κ2) is 6.24. The third-order valence-electron chi connectivity index (χ3n) is 4.07. The minimum absolute atomic E-state index is 0.108. The molecule has 6 nitrogen and oxygen atoms in total. The van der Waals surface area contributed by atoms with E-state index in [1.54, 1.807) is 28.9 Å². The fourth-order valence-electron chi connectivity index (χ4n) is 2.75. The average molecular weight is 332 g/mol. The molecule has 0 saturated heterocycles. The van der Waals surface area contributed by atoms with Gasteiger partial charge in [0, 0.05) is 0 Å². The first-order valence-corrected chi connectivity index (χ1v) is 7.88. The van der Waals surface area contributed by atoms with Gasteiger partial charge in [0.05, 0.1) is 25.5 Å². The van der Waals surface area contributed by atoms with Crippen LogP contribution in [0.4, 0.5) is 0 Å². The van der Waals surface area contributed by atoms with Crippen molar-refractivity contribution in [2.45, 2.75) is 6.54 Å². The molecule has 2 heterocycles. The quantitative estimate of drug-likeness (QED) is 0.576. The van der Waals surface area contributed by atoms with E-state index in [-0.39, 0.29) is 5.56 Å². The van der Waals surface area contributed by atoms with E-state index in [0.29, 0.717) is 17.6 Å². The Morgan fingerprint density at radius 1 is 1.04 bits per heavy atom. The topological polar surface area (TPSA) is 61.9 Å². The van der Waals surface area contributed by atoms with E-state index in [0.717, 1.165) is 17.0 Å². The summed E-state index contributed by atoms with van der Waals surface area (Å²) in [4.78, 5) is 17.2. The van der Waals surface area contributed by atoms with Gasteiger partial charge in [0.25, 0.3) is 5.56 Å². The molecular weight excluding hydrogens is 316 g/mol. The van der Waals surface area contributed by atoms with Crippen LogP contribution in [0.1, 0.15) is 5.56 Å². The molecule has 4 rings (SSSR count). The van der Waals surface area contributed by atoms with Gasteiger partial charge in [-0.2, -0.15) is 5.10 Å². The molecule has 25 heavy (non-hydrogen) atoms. The molecule has 0 radical (unpaired) electrons. The number of ether oxygens (including phenoxy) is 1. The van der Waals surface area contributed by atoms with Gasteiger partial charge in [0.1, 0.15) is 17.5 Å². The van der Waals surface area contributed by atoms with Crippen LogP contribution in [-0.2, 0) is 6.54 Å². The van der Waals surface area contributed by atoms with Gasteiger partial charge >= 0.3 is 0 Å². The van der Waals surface area contributed by atoms with E-state index < -0.39 is 0 Å². The van der Waals surface area contributed by atoms with Crippen LogP contribution in [0.15, 0.2) is 71.9 Å². The van der Waals surface area contributed by atoms with Crippen LogP contribution in [0.25, 0.3) is 16.7 Å². The lowest BCUT2D eigenvalue weighted by Crippen LogP contribution is -2.21. The summed E-state index contributed by atoms with van der Waals surface area (Å²) in [6, 6.07) is 17.3. The number of methoxy groups -OCH3 is 1. The average Bonchev–Trinajstić information content (AvgIpc) is 3.10. The third-order valence-corrected chi connectivity index (χ3v) is 4.07. The molecule has 0 aliphatic carbocycles. The highest BCUT2D eigenvalue weighted by Gasteiger charge is 2.11. The van der Waals surface area contributed by atoms with E-state index in [2.05, 4.69) is 10.1 Å². The summed E-state index contributed by atoms with van der Waals surface area (Å²) in [6.07, 6.45) is 3.14. The van der Waals surface area contributed by atoms with Gasteiger partial charge in [-0.1, -0.05) is 30.3 Å². The van der Waals surface area contributed by atoms with Crippen LogP contribution in [0.3, 0.4) is 0 Å². The molecule has 0 fully saturated rings. The zero-order valence-electron chi connectivity index (χ0n) is 13.7. The van der Waals surface area contributed by atoms with Gasteiger partial charge in [-0.15, -0.1) is 0 Å². The maximum Gasteiger partial charge on any atom is 0.264 e. The summed E-state index contributed by atoms with van der Waals surface area (Å²) >= 11 is 0. The first kappa shape index (κ1) is 15.1. The molecule has 124 valence electrons. The maximum absolute atomic E-state index is 12.7. The SMILES string of the molecule is COc1ccc(Cn2cnc3c(cnn3-c3ccccc3)c2=O)cc1. The summed E-state index contributed by atoms with van der Waals surface area (Å²) in [5, 5.41) is 4.82. The van der Waals surface area contributed by atoms with Crippen molar-refractivity contribution in [3.63, 3.8) is 0 Å². The molecule has 0 unspecified atom stereocenters. The van der Waals surface area contributed by atoms with Crippen LogP contribution in [-0.4, -0.2) is 26.4 Å². The second-order valence-electron chi connectivity index (χ2n) is 5.65. The number of fused-ring (bicyclic) bond motifs is 1. The monoisotopic (exact) mass is 332 g/mol. The predicted octanol–water partition coefficient (Wildman–Crippen LogP) is 2.64. The van der Waals surface area contributed by atoms with E-state index in [1.165, 1.54) is 0 Å². The van der Waals surface area contributed by atoms with Crippen molar-refractivity contribution < 1.29 is 4.74 Å². The summed E-state index contributed by atoms with van der Waals surface area (Å²) in [5.41, 5.74) is 2.32. The van der Waals surface area contributed by atoms with Crippen molar-refractivity contribution in [2.24, 2.45) is 0 Å². The minimum Gasteiger partial charge on any atom is -0.497 e. The van der Waals surface area contributed by atoms with E-state index in [4.69, 9.17) is 4.74 Å². The fraction of sp³-hybridized carbons (Fsp3) is 0.105. The minimum atomic E-state index is -0.108. The Bertz CT molecular complexity index is 1070. The van der Waals surface area contributed by atoms with Crippen molar-refractivity contribution in [3.05, 3.63) is 83.0 Å². The normalized spacial score (nSPS) is 10.9. The number of para-hydroxylation sites is 1. The second-order valence-corrected chi connectivity index (χ2v) is 5.65. The molecule has 0 spiro atoms. The van der Waals surface area contributed by atoms with Gasteiger partial charge in [-0.05, 0) is 29.8 Å². The lowest BCUT2D eigenvalue weighted by molar-refractivity contribution is 0.414. The molecule has 0 saturated carbocycles. The Kier molecular flexibility index (Phi) is 3.78. The molecule has 0 aliphatic heterocycles. The lowest BCUT2D eigenvalue weighted by atomic mass is 10.2. The molecule has 0 aliphatic rings. The number of rotatable bonds is 4. The van der Waals surface area contributed by atoms with Gasteiger partial charge in [-0.3, -0.25) is 9.36 Å². The zero-order chi connectivity index (χ0) is 17.2. The van der Waals surface area contributed by atoms with Crippen molar-refractivity contribution in [3.8, 4) is 11.4 Å². The van der Waals surface area contributed by atoms with Crippen LogP contribution in [0.5, 0.6) is 5.75 Å². The van der Waals surface area contributed by atoms with Crippen molar-refractivity contribution in [1.82, 2.24) is 19.3 Å². The first-order valence-electron chi connectivity index (χ1n) is 7.88. The number of hydrogen-bond acceptors (Lipinski definition) is 4. The van der Waals surface area contributed by atoms with Gasteiger partial charge in [0.15, 0.2) is 5.65 Å². The van der Waals surface area contributed by atoms with Gasteiger partial charge in [-0.25, -0.2) is 9.67 Å².